The first-order chi connectivity index (χ1) is 9.15. The molecule has 0 spiro atoms. The van der Waals surface area contributed by atoms with Crippen molar-refractivity contribution in [2.75, 3.05) is 37.5 Å². The first kappa shape index (κ1) is 14.1. The molecule has 1 aliphatic rings. The van der Waals surface area contributed by atoms with E-state index in [0.717, 1.165) is 36.5 Å². The van der Waals surface area contributed by atoms with Crippen molar-refractivity contribution in [3.63, 3.8) is 0 Å². The minimum Gasteiger partial charge on any atom is -0.383 e. The van der Waals surface area contributed by atoms with Gasteiger partial charge in [-0.15, -0.1) is 0 Å². The third-order valence-electron chi connectivity index (χ3n) is 3.71. The molecule has 0 saturated heterocycles. The molecule has 0 amide bonds. The van der Waals surface area contributed by atoms with Gasteiger partial charge in [-0.05, 0) is 32.6 Å². The zero-order valence-corrected chi connectivity index (χ0v) is 12.3. The molecule has 1 aromatic rings. The van der Waals surface area contributed by atoms with Crippen LogP contribution in [0.3, 0.4) is 0 Å². The van der Waals surface area contributed by atoms with Crippen LogP contribution < -0.4 is 10.2 Å². The summed E-state index contributed by atoms with van der Waals surface area (Å²) in [6.07, 6.45) is 2.65. The quantitative estimate of drug-likeness (QED) is 0.817. The van der Waals surface area contributed by atoms with Crippen LogP contribution in [-0.4, -0.2) is 43.3 Å². The maximum atomic E-state index is 5.23. The summed E-state index contributed by atoms with van der Waals surface area (Å²) < 4.78 is 5.23. The van der Waals surface area contributed by atoms with Crippen LogP contribution in [-0.2, 0) is 4.74 Å². The van der Waals surface area contributed by atoms with E-state index in [1.165, 1.54) is 12.8 Å². The van der Waals surface area contributed by atoms with Gasteiger partial charge >= 0.3 is 0 Å². The van der Waals surface area contributed by atoms with Gasteiger partial charge in [-0.1, -0.05) is 0 Å². The van der Waals surface area contributed by atoms with Crippen LogP contribution in [0.2, 0.25) is 0 Å². The van der Waals surface area contributed by atoms with Gasteiger partial charge in [0, 0.05) is 32.8 Å². The monoisotopic (exact) mass is 264 g/mol. The standard InChI is InChI=1S/C14H24N4O/c1-10(12-5-6-12)18(7-8-19-4)14-9-13(15-3)16-11(2)17-14/h9-10,12H,5-8H2,1-4H3,(H,15,16,17). The number of ether oxygens (including phenoxy) is 1. The lowest BCUT2D eigenvalue weighted by Crippen LogP contribution is -2.38. The van der Waals surface area contributed by atoms with E-state index in [9.17, 15) is 0 Å². The number of rotatable bonds is 7. The fourth-order valence-electron chi connectivity index (χ4n) is 2.38. The van der Waals surface area contributed by atoms with Crippen molar-refractivity contribution in [3.8, 4) is 0 Å². The number of anilines is 2. The van der Waals surface area contributed by atoms with Gasteiger partial charge in [-0.3, -0.25) is 0 Å². The molecule has 1 aromatic heterocycles. The lowest BCUT2D eigenvalue weighted by atomic mass is 10.2. The number of nitrogens with one attached hydrogen (secondary N) is 1. The molecule has 1 atom stereocenters. The Labute approximate surface area is 115 Å². The van der Waals surface area contributed by atoms with Crippen LogP contribution in [0, 0.1) is 12.8 Å². The Morgan fingerprint density at radius 2 is 2.21 bits per heavy atom. The van der Waals surface area contributed by atoms with Gasteiger partial charge in [-0.25, -0.2) is 9.97 Å². The molecule has 106 valence electrons. The highest BCUT2D eigenvalue weighted by atomic mass is 16.5. The van der Waals surface area contributed by atoms with Gasteiger partial charge < -0.3 is 15.0 Å². The topological polar surface area (TPSA) is 50.3 Å². The number of aromatic nitrogens is 2. The highest BCUT2D eigenvalue weighted by molar-refractivity contribution is 5.50. The third-order valence-corrected chi connectivity index (χ3v) is 3.71. The van der Waals surface area contributed by atoms with Gasteiger partial charge in [0.2, 0.25) is 0 Å². The Bertz CT molecular complexity index is 420. The van der Waals surface area contributed by atoms with Crippen molar-refractivity contribution in [3.05, 3.63) is 11.9 Å². The Kier molecular flexibility index (Phi) is 4.58. The van der Waals surface area contributed by atoms with Gasteiger partial charge in [0.1, 0.15) is 17.5 Å². The second-order valence-corrected chi connectivity index (χ2v) is 5.17. The molecule has 0 bridgehead atoms. The number of aryl methyl sites for hydroxylation is 1. The molecule has 2 rings (SSSR count). The lowest BCUT2D eigenvalue weighted by Gasteiger charge is -2.30. The first-order valence-corrected chi connectivity index (χ1v) is 6.94. The second kappa shape index (κ2) is 6.19. The molecule has 1 N–H and O–H groups in total. The zero-order chi connectivity index (χ0) is 13.8. The molecular formula is C14H24N4O. The molecule has 5 nitrogen and oxygen atoms in total. The molecular weight excluding hydrogens is 240 g/mol. The van der Waals surface area contributed by atoms with E-state index in [0.29, 0.717) is 6.04 Å². The van der Waals surface area contributed by atoms with Crippen molar-refractivity contribution in [1.29, 1.82) is 0 Å². The average molecular weight is 264 g/mol. The molecule has 1 fully saturated rings. The largest absolute Gasteiger partial charge is 0.383 e. The predicted molar refractivity (Wildman–Crippen MR) is 77.7 cm³/mol. The fraction of sp³-hybridized carbons (Fsp3) is 0.714. The number of hydrogen-bond donors (Lipinski definition) is 1. The third kappa shape index (κ3) is 3.56. The highest BCUT2D eigenvalue weighted by Gasteiger charge is 2.32. The van der Waals surface area contributed by atoms with Crippen molar-refractivity contribution in [2.24, 2.45) is 5.92 Å². The van der Waals surface area contributed by atoms with Gasteiger partial charge in [0.05, 0.1) is 6.61 Å². The number of methoxy groups -OCH3 is 1. The second-order valence-electron chi connectivity index (χ2n) is 5.17. The zero-order valence-electron chi connectivity index (χ0n) is 12.3. The molecule has 1 saturated carbocycles. The molecule has 5 heteroatoms. The normalized spacial score (nSPS) is 16.2. The maximum Gasteiger partial charge on any atom is 0.134 e. The Morgan fingerprint density at radius 3 is 2.79 bits per heavy atom. The van der Waals surface area contributed by atoms with Crippen LogP contribution in [0.1, 0.15) is 25.6 Å². The van der Waals surface area contributed by atoms with Gasteiger partial charge in [0.15, 0.2) is 0 Å². The van der Waals surface area contributed by atoms with Crippen LogP contribution in [0.25, 0.3) is 0 Å². The maximum absolute atomic E-state index is 5.23. The fourth-order valence-corrected chi connectivity index (χ4v) is 2.38. The summed E-state index contributed by atoms with van der Waals surface area (Å²) >= 11 is 0. The highest BCUT2D eigenvalue weighted by Crippen LogP contribution is 2.36. The summed E-state index contributed by atoms with van der Waals surface area (Å²) in [7, 11) is 3.62. The summed E-state index contributed by atoms with van der Waals surface area (Å²) in [4.78, 5) is 11.3. The SMILES string of the molecule is CNc1cc(N(CCOC)C(C)C2CC2)nc(C)n1. The smallest absolute Gasteiger partial charge is 0.134 e. The first-order valence-electron chi connectivity index (χ1n) is 6.94. The van der Waals surface area contributed by atoms with E-state index in [2.05, 4.69) is 27.1 Å². The number of hydrogen-bond acceptors (Lipinski definition) is 5. The molecule has 19 heavy (non-hydrogen) atoms. The Morgan fingerprint density at radius 1 is 1.47 bits per heavy atom. The molecule has 0 aliphatic heterocycles. The minimum absolute atomic E-state index is 0.508. The van der Waals surface area contributed by atoms with E-state index in [1.807, 2.05) is 20.0 Å². The van der Waals surface area contributed by atoms with Crippen molar-refractivity contribution >= 4 is 11.6 Å². The minimum atomic E-state index is 0.508. The van der Waals surface area contributed by atoms with Crippen molar-refractivity contribution in [2.45, 2.75) is 32.7 Å². The van der Waals surface area contributed by atoms with E-state index < -0.39 is 0 Å². The van der Waals surface area contributed by atoms with Gasteiger partial charge in [0.25, 0.3) is 0 Å². The van der Waals surface area contributed by atoms with Crippen molar-refractivity contribution < 1.29 is 4.74 Å². The lowest BCUT2D eigenvalue weighted by molar-refractivity contribution is 0.202. The Balaban J connectivity index is 2.22. The summed E-state index contributed by atoms with van der Waals surface area (Å²) in [5.41, 5.74) is 0. The van der Waals surface area contributed by atoms with Crippen LogP contribution >= 0.6 is 0 Å². The molecule has 1 heterocycles. The van der Waals surface area contributed by atoms with E-state index >= 15 is 0 Å². The molecule has 1 aliphatic carbocycles. The van der Waals surface area contributed by atoms with E-state index in [1.54, 1.807) is 7.11 Å². The summed E-state index contributed by atoms with van der Waals surface area (Å²) in [5.74, 6) is 3.46. The summed E-state index contributed by atoms with van der Waals surface area (Å²) in [5, 5.41) is 3.09. The van der Waals surface area contributed by atoms with Gasteiger partial charge in [-0.2, -0.15) is 0 Å². The van der Waals surface area contributed by atoms with Crippen LogP contribution in [0.15, 0.2) is 6.07 Å². The predicted octanol–water partition coefficient (Wildman–Crippen LogP) is 2.08. The molecule has 0 aromatic carbocycles. The van der Waals surface area contributed by atoms with E-state index in [4.69, 9.17) is 4.74 Å². The summed E-state index contributed by atoms with van der Waals surface area (Å²) in [6, 6.07) is 2.52. The van der Waals surface area contributed by atoms with Crippen LogP contribution in [0.5, 0.6) is 0 Å². The number of nitrogens with zero attached hydrogens (tertiary/aromatic N) is 3. The van der Waals surface area contributed by atoms with Crippen molar-refractivity contribution in [1.82, 2.24) is 9.97 Å². The Hall–Kier alpha value is -1.36. The van der Waals surface area contributed by atoms with Crippen LogP contribution in [0.4, 0.5) is 11.6 Å². The summed E-state index contributed by atoms with van der Waals surface area (Å²) in [6.45, 7) is 5.80. The van der Waals surface area contributed by atoms with E-state index in [-0.39, 0.29) is 0 Å². The molecule has 1 unspecified atom stereocenters. The molecule has 0 radical (unpaired) electrons. The average Bonchev–Trinajstić information content (AvgIpc) is 3.22.